The molecule has 0 aliphatic carbocycles. The van der Waals surface area contributed by atoms with Gasteiger partial charge in [0.25, 0.3) is 0 Å². The molecule has 0 spiro atoms. The van der Waals surface area contributed by atoms with Crippen LogP contribution in [0, 0.1) is 37.5 Å². The van der Waals surface area contributed by atoms with Gasteiger partial charge in [-0.1, -0.05) is 43.8 Å². The van der Waals surface area contributed by atoms with Crippen LogP contribution in [0.3, 0.4) is 0 Å². The van der Waals surface area contributed by atoms with E-state index in [-0.39, 0.29) is 78.9 Å². The number of aliphatic hydroxyl groups excluding tert-OH is 2. The van der Waals surface area contributed by atoms with Gasteiger partial charge in [-0.25, -0.2) is 0 Å². The Balaban J connectivity index is 0.000000194. The van der Waals surface area contributed by atoms with Gasteiger partial charge in [-0.05, 0) is 83.6 Å². The number of cyclic esters (lactones) is 1. The van der Waals surface area contributed by atoms with E-state index in [0.29, 0.717) is 23.3 Å². The molecule has 51 heavy (non-hydrogen) atoms. The molecule has 7 rings (SSSR count). The number of phenols is 6. The molecule has 8 N–H and O–H groups in total. The largest absolute Gasteiger partial charge is 0.508 e. The second-order valence-electron chi connectivity index (χ2n) is 13.1. The van der Waals surface area contributed by atoms with Gasteiger partial charge in [-0.2, -0.15) is 0 Å². The highest BCUT2D eigenvalue weighted by molar-refractivity contribution is 5.77. The van der Waals surface area contributed by atoms with Crippen molar-refractivity contribution in [3.8, 4) is 34.5 Å². The number of benzene rings is 4. The third-order valence-corrected chi connectivity index (χ3v) is 9.98. The van der Waals surface area contributed by atoms with Crippen molar-refractivity contribution in [2.75, 3.05) is 19.8 Å². The van der Waals surface area contributed by atoms with Crippen LogP contribution in [0.25, 0.3) is 0 Å². The van der Waals surface area contributed by atoms with Crippen LogP contribution in [-0.4, -0.2) is 66.6 Å². The van der Waals surface area contributed by atoms with Gasteiger partial charge in [0, 0.05) is 24.4 Å². The van der Waals surface area contributed by atoms with E-state index < -0.39 is 30.3 Å². The van der Waals surface area contributed by atoms with E-state index in [0.717, 1.165) is 16.7 Å². The molecule has 0 saturated carbocycles. The zero-order chi connectivity index (χ0) is 35.9. The molecule has 0 amide bonds. The molecule has 3 aliphatic rings. The molecule has 0 aromatic heterocycles. The minimum Gasteiger partial charge on any atom is -0.508 e. The molecular weight excluding hydrogens is 660 g/mol. The molecule has 0 radical (unpaired) electrons. The van der Waals surface area contributed by atoms with Crippen LogP contribution in [0.2, 0.25) is 0 Å². The van der Waals surface area contributed by atoms with Gasteiger partial charge in [0.05, 0.1) is 37.4 Å². The van der Waals surface area contributed by atoms with Crippen LogP contribution in [-0.2, 0) is 19.0 Å². The summed E-state index contributed by atoms with van der Waals surface area (Å²) in [7, 11) is 0. The first-order chi connectivity index (χ1) is 23.9. The van der Waals surface area contributed by atoms with Crippen molar-refractivity contribution >= 4 is 5.97 Å². The molecule has 4 aromatic carbocycles. The molecule has 272 valence electrons. The van der Waals surface area contributed by atoms with Gasteiger partial charge in [-0.3, -0.25) is 4.79 Å². The summed E-state index contributed by atoms with van der Waals surface area (Å²) in [5.41, 5.74) is 4.01. The summed E-state index contributed by atoms with van der Waals surface area (Å²) in [6.45, 7) is 3.93. The molecular formula is C39H44O12. The number of esters is 1. The van der Waals surface area contributed by atoms with Crippen LogP contribution in [0.15, 0.2) is 72.8 Å². The first kappa shape index (κ1) is 37.3. The van der Waals surface area contributed by atoms with E-state index in [4.69, 9.17) is 14.2 Å². The number of aliphatic hydroxyl groups is 2. The Labute approximate surface area is 295 Å². The van der Waals surface area contributed by atoms with Crippen LogP contribution in [0.5, 0.6) is 34.5 Å². The van der Waals surface area contributed by atoms with Gasteiger partial charge in [0.2, 0.25) is 0 Å². The van der Waals surface area contributed by atoms with Gasteiger partial charge < -0.3 is 55.1 Å². The first-order valence-corrected chi connectivity index (χ1v) is 16.2. The van der Waals surface area contributed by atoms with Crippen LogP contribution >= 0.6 is 0 Å². The lowest BCUT2D eigenvalue weighted by molar-refractivity contribution is -0.148. The van der Waals surface area contributed by atoms with Gasteiger partial charge in [0.15, 0.2) is 23.0 Å². The second-order valence-corrected chi connectivity index (χ2v) is 13.1. The van der Waals surface area contributed by atoms with E-state index in [2.05, 4.69) is 0 Å². The summed E-state index contributed by atoms with van der Waals surface area (Å²) in [4.78, 5) is 12.5. The van der Waals surface area contributed by atoms with Crippen molar-refractivity contribution < 1.29 is 59.9 Å². The van der Waals surface area contributed by atoms with Crippen molar-refractivity contribution in [3.05, 3.63) is 106 Å². The maximum absolute atomic E-state index is 12.5. The zero-order valence-corrected chi connectivity index (χ0v) is 27.4. The number of rotatable bonds is 6. The maximum atomic E-state index is 12.5. The lowest BCUT2D eigenvalue weighted by Gasteiger charge is -2.25. The zero-order valence-electron chi connectivity index (χ0n) is 27.4. The molecule has 12 heteroatoms. The van der Waals surface area contributed by atoms with E-state index in [1.54, 1.807) is 50.2 Å². The van der Waals surface area contributed by atoms with Crippen molar-refractivity contribution in [1.82, 2.24) is 0 Å². The molecule has 0 bridgehead atoms. The van der Waals surface area contributed by atoms with Crippen molar-refractivity contribution in [2.24, 2.45) is 23.7 Å². The lowest BCUT2D eigenvalue weighted by Crippen LogP contribution is -2.25. The van der Waals surface area contributed by atoms with E-state index in [9.17, 15) is 45.6 Å². The summed E-state index contributed by atoms with van der Waals surface area (Å²) >= 11 is 0. The second kappa shape index (κ2) is 15.1. The fourth-order valence-electron chi connectivity index (χ4n) is 7.01. The van der Waals surface area contributed by atoms with Crippen molar-refractivity contribution in [3.63, 3.8) is 0 Å². The monoisotopic (exact) mass is 704 g/mol. The van der Waals surface area contributed by atoms with Crippen LogP contribution in [0.4, 0.5) is 0 Å². The number of carbonyl (C=O) groups is 1. The average Bonchev–Trinajstić information content (AvgIpc) is 3.81. The Morgan fingerprint density at radius 3 is 1.73 bits per heavy atom. The molecule has 0 unspecified atom stereocenters. The lowest BCUT2D eigenvalue weighted by atomic mass is 9.82. The van der Waals surface area contributed by atoms with Crippen LogP contribution in [0.1, 0.15) is 65.2 Å². The third kappa shape index (κ3) is 7.26. The van der Waals surface area contributed by atoms with E-state index in [1.807, 2.05) is 6.07 Å². The molecule has 3 saturated heterocycles. The summed E-state index contributed by atoms with van der Waals surface area (Å²) in [5, 5.41) is 78.6. The number of carbonyl (C=O) groups excluding carboxylic acids is 1. The van der Waals surface area contributed by atoms with E-state index in [1.165, 1.54) is 30.3 Å². The number of hydrogen-bond acceptors (Lipinski definition) is 12. The standard InChI is InChI=1S/C19H18O6.C19H22O6.CH4/c1-9-2-3-10(6-14(9)21)17-12-8-24-18(16(12)19(23)25-17)11-4-5-13(20)15(22)7-11;1-10-2-3-11(6-16(10)22)18(24)14-9-25-19(13(14)8-20)12-4-5-15(21)17(23)7-12;/h2-7,12,16-18,20-22H,8H2,1H3;2-7,13-14,18-24H,8-9H2,1H3;1H4/t12-,16-,17+,18+;13-,14-,18+,19+;/m00./s1. The van der Waals surface area contributed by atoms with Crippen molar-refractivity contribution in [1.29, 1.82) is 0 Å². The normalized spacial score (nSPS) is 25.6. The topological polar surface area (TPSA) is 207 Å². The maximum Gasteiger partial charge on any atom is 0.313 e. The molecule has 3 heterocycles. The smallest absolute Gasteiger partial charge is 0.313 e. The Morgan fingerprint density at radius 1 is 0.647 bits per heavy atom. The summed E-state index contributed by atoms with van der Waals surface area (Å²) in [5.74, 6) is -2.46. The Hall–Kier alpha value is -5.01. The number of fused-ring (bicyclic) bond motifs is 1. The number of ether oxygens (including phenoxy) is 3. The molecule has 3 fully saturated rings. The highest BCUT2D eigenvalue weighted by Gasteiger charge is 2.54. The highest BCUT2D eigenvalue weighted by Crippen LogP contribution is 2.52. The van der Waals surface area contributed by atoms with Crippen molar-refractivity contribution in [2.45, 2.75) is 45.7 Å². The Bertz CT molecular complexity index is 1830. The fourth-order valence-corrected chi connectivity index (χ4v) is 7.01. The number of hydrogen-bond donors (Lipinski definition) is 8. The Morgan fingerprint density at radius 2 is 1.16 bits per heavy atom. The first-order valence-electron chi connectivity index (χ1n) is 16.2. The predicted molar refractivity (Wildman–Crippen MR) is 184 cm³/mol. The van der Waals surface area contributed by atoms with E-state index >= 15 is 0 Å². The fraction of sp³-hybridized carbons (Fsp3) is 0.359. The average molecular weight is 705 g/mol. The summed E-state index contributed by atoms with van der Waals surface area (Å²) < 4.78 is 17.2. The molecule has 4 aromatic rings. The van der Waals surface area contributed by atoms with Gasteiger partial charge in [-0.15, -0.1) is 0 Å². The molecule has 3 aliphatic heterocycles. The minimum atomic E-state index is -0.903. The molecule has 8 atom stereocenters. The highest BCUT2D eigenvalue weighted by atomic mass is 16.6. The summed E-state index contributed by atoms with van der Waals surface area (Å²) in [6.07, 6.45) is -2.41. The number of aromatic hydroxyl groups is 6. The van der Waals surface area contributed by atoms with Gasteiger partial charge >= 0.3 is 5.97 Å². The quantitative estimate of drug-likeness (QED) is 0.0927. The SMILES string of the molecule is C.Cc1ccc([C@@H](O)[C@H]2CO[C@H](c3ccc(O)c(O)c3)[C@H]2CO)cc1O.Cc1ccc([C@H]2OC(=O)[C@H]3[C@@H]2CO[C@@H]3c2ccc(O)c(O)c2)cc1O. The number of aryl methyl sites for hydroxylation is 2. The predicted octanol–water partition coefficient (Wildman–Crippen LogP) is 5.49. The Kier molecular flexibility index (Phi) is 11.0. The third-order valence-electron chi connectivity index (χ3n) is 9.98. The van der Waals surface area contributed by atoms with Crippen LogP contribution < -0.4 is 0 Å². The minimum absolute atomic E-state index is 0. The van der Waals surface area contributed by atoms with Gasteiger partial charge in [0.1, 0.15) is 17.6 Å². The summed E-state index contributed by atoms with van der Waals surface area (Å²) in [6, 6.07) is 19.0. The molecule has 12 nitrogen and oxygen atoms in total. The number of phenolic OH excluding ortho intramolecular Hbond substituents is 6.